The van der Waals surface area contributed by atoms with Crippen LogP contribution in [-0.4, -0.2) is 34.2 Å². The molecule has 1 aliphatic carbocycles. The third kappa shape index (κ3) is 4.13. The average Bonchev–Trinajstić information content (AvgIpc) is 2.91. The molecule has 0 radical (unpaired) electrons. The zero-order valence-corrected chi connectivity index (χ0v) is 16.2. The Labute approximate surface area is 158 Å². The molecule has 1 saturated carbocycles. The molecule has 0 atom stereocenters. The maximum Gasteiger partial charge on any atom is 0.269 e. The summed E-state index contributed by atoms with van der Waals surface area (Å²) in [6.07, 6.45) is 1.63. The Bertz CT molecular complexity index is 935. The maximum absolute atomic E-state index is 12.5. The second-order valence-corrected chi connectivity index (χ2v) is 7.54. The van der Waals surface area contributed by atoms with Gasteiger partial charge in [0.15, 0.2) is 0 Å². The molecule has 144 valence electrons. The number of H-pyrrole nitrogens is 1. The van der Waals surface area contributed by atoms with Gasteiger partial charge in [-0.25, -0.2) is 0 Å². The number of aromatic nitrogens is 2. The second-order valence-electron chi connectivity index (χ2n) is 7.54. The highest BCUT2D eigenvalue weighted by atomic mass is 16.2. The third-order valence-electron chi connectivity index (χ3n) is 5.31. The molecule has 0 aliphatic heterocycles. The van der Waals surface area contributed by atoms with Gasteiger partial charge >= 0.3 is 0 Å². The summed E-state index contributed by atoms with van der Waals surface area (Å²) in [5, 5.41) is 8.64. The summed E-state index contributed by atoms with van der Waals surface area (Å²) < 4.78 is 1.27. The van der Waals surface area contributed by atoms with E-state index in [1.54, 1.807) is 7.05 Å². The molecule has 1 aromatic heterocycles. The van der Waals surface area contributed by atoms with Gasteiger partial charge in [-0.2, -0.15) is 0 Å². The first-order valence-corrected chi connectivity index (χ1v) is 9.17. The first kappa shape index (κ1) is 18.9. The normalized spacial score (nSPS) is 18.7. The zero-order chi connectivity index (χ0) is 19.7. The van der Waals surface area contributed by atoms with Crippen LogP contribution in [0.15, 0.2) is 23.0 Å². The number of nitrogens with zero attached hydrogens (tertiary/aromatic N) is 1. The number of nitrogens with one attached hydrogen (secondary N) is 3. The molecule has 1 fully saturated rings. The summed E-state index contributed by atoms with van der Waals surface area (Å²) in [5.74, 6) is 0.0278. The predicted octanol–water partition coefficient (Wildman–Crippen LogP) is 1.58. The molecule has 0 bridgehead atoms. The van der Waals surface area contributed by atoms with Crippen molar-refractivity contribution in [3.05, 3.63) is 56.5 Å². The topological polar surface area (TPSA) is 96.0 Å². The number of hydrogen-bond acceptors (Lipinski definition) is 3. The first-order valence-electron chi connectivity index (χ1n) is 9.17. The summed E-state index contributed by atoms with van der Waals surface area (Å²) in [4.78, 5) is 36.0. The number of hydrogen-bond donors (Lipinski definition) is 3. The summed E-state index contributed by atoms with van der Waals surface area (Å²) in [6, 6.07) is 5.36. The van der Waals surface area contributed by atoms with E-state index in [0.29, 0.717) is 12.5 Å². The van der Waals surface area contributed by atoms with Gasteiger partial charge in [0.25, 0.3) is 17.4 Å². The van der Waals surface area contributed by atoms with Crippen molar-refractivity contribution in [2.75, 3.05) is 6.54 Å². The molecule has 7 nitrogen and oxygen atoms in total. The lowest BCUT2D eigenvalue weighted by Crippen LogP contribution is -2.47. The van der Waals surface area contributed by atoms with Gasteiger partial charge < -0.3 is 10.6 Å². The van der Waals surface area contributed by atoms with Gasteiger partial charge in [0.1, 0.15) is 5.69 Å². The van der Waals surface area contributed by atoms with E-state index >= 15 is 0 Å². The number of aryl methyl sites for hydroxylation is 3. The highest BCUT2D eigenvalue weighted by molar-refractivity contribution is 5.96. The van der Waals surface area contributed by atoms with Gasteiger partial charge in [-0.3, -0.25) is 24.2 Å². The van der Waals surface area contributed by atoms with Crippen LogP contribution in [0.3, 0.4) is 0 Å². The molecular weight excluding hydrogens is 344 g/mol. The van der Waals surface area contributed by atoms with Crippen molar-refractivity contribution in [2.45, 2.75) is 39.7 Å². The molecule has 0 spiro atoms. The van der Waals surface area contributed by atoms with E-state index in [2.05, 4.69) is 21.8 Å². The fraction of sp³-hybridized carbons (Fsp3) is 0.450. The molecular formula is C20H26N4O3. The Balaban J connectivity index is 1.46. The molecule has 2 aromatic rings. The van der Waals surface area contributed by atoms with Crippen molar-refractivity contribution in [1.82, 2.24) is 20.4 Å². The Kier molecular flexibility index (Phi) is 5.21. The predicted molar refractivity (Wildman–Crippen MR) is 103 cm³/mol. The lowest BCUT2D eigenvalue weighted by atomic mass is 9.80. The van der Waals surface area contributed by atoms with Crippen LogP contribution < -0.4 is 16.2 Å². The molecule has 0 unspecified atom stereocenters. The fourth-order valence-electron chi connectivity index (χ4n) is 3.50. The van der Waals surface area contributed by atoms with E-state index in [1.807, 2.05) is 26.8 Å². The Morgan fingerprint density at radius 1 is 1.15 bits per heavy atom. The number of carbonyl (C=O) groups excluding carboxylic acids is 2. The minimum absolute atomic E-state index is 0.0475. The van der Waals surface area contributed by atoms with Crippen molar-refractivity contribution >= 4 is 11.8 Å². The molecule has 3 rings (SSSR count). The van der Waals surface area contributed by atoms with Crippen molar-refractivity contribution < 1.29 is 9.59 Å². The van der Waals surface area contributed by atoms with Crippen LogP contribution in [0.25, 0.3) is 0 Å². The minimum atomic E-state index is -0.272. The number of amides is 2. The van der Waals surface area contributed by atoms with Crippen molar-refractivity contribution in [3.63, 3.8) is 0 Å². The Hall–Kier alpha value is -2.83. The van der Waals surface area contributed by atoms with E-state index in [9.17, 15) is 14.4 Å². The molecule has 0 saturated heterocycles. The summed E-state index contributed by atoms with van der Waals surface area (Å²) in [5.41, 5.74) is 3.96. The Morgan fingerprint density at radius 2 is 1.85 bits per heavy atom. The van der Waals surface area contributed by atoms with E-state index < -0.39 is 0 Å². The van der Waals surface area contributed by atoms with E-state index in [1.165, 1.54) is 10.7 Å². The summed E-state index contributed by atoms with van der Waals surface area (Å²) in [6.45, 7) is 6.56. The van der Waals surface area contributed by atoms with E-state index in [0.717, 1.165) is 35.1 Å². The van der Waals surface area contributed by atoms with Crippen LogP contribution in [0.2, 0.25) is 0 Å². The summed E-state index contributed by atoms with van der Waals surface area (Å²) in [7, 11) is 1.57. The van der Waals surface area contributed by atoms with Crippen LogP contribution in [0.5, 0.6) is 0 Å². The second kappa shape index (κ2) is 7.42. The molecule has 3 N–H and O–H groups in total. The van der Waals surface area contributed by atoms with Crippen LogP contribution in [-0.2, 0) is 7.05 Å². The van der Waals surface area contributed by atoms with Crippen LogP contribution in [0, 0.1) is 26.7 Å². The highest BCUT2D eigenvalue weighted by Crippen LogP contribution is 2.27. The van der Waals surface area contributed by atoms with E-state index in [4.69, 9.17) is 0 Å². The standard InChI is InChI=1S/C20H26N4O3/c1-11-5-12(2)13(3)16(6-11)19(26)21-10-14-7-15(8-14)22-20(27)17-9-18(25)24(4)23-17/h5-6,9,14-15,23H,7-8,10H2,1-4H3,(H,21,26)(H,22,27). The molecule has 2 amide bonds. The number of aromatic amines is 1. The molecule has 27 heavy (non-hydrogen) atoms. The third-order valence-corrected chi connectivity index (χ3v) is 5.31. The quantitative estimate of drug-likeness (QED) is 0.745. The van der Waals surface area contributed by atoms with E-state index in [-0.39, 0.29) is 29.1 Å². The minimum Gasteiger partial charge on any atom is -0.352 e. The van der Waals surface area contributed by atoms with Gasteiger partial charge in [-0.05, 0) is 56.7 Å². The SMILES string of the molecule is Cc1cc(C)c(C)c(C(=O)NCC2CC(NC(=O)c3cc(=O)n(C)[nH]3)C2)c1. The maximum atomic E-state index is 12.5. The van der Waals surface area contributed by atoms with Gasteiger partial charge in [0.2, 0.25) is 0 Å². The van der Waals surface area contributed by atoms with Gasteiger partial charge in [-0.15, -0.1) is 0 Å². The molecule has 1 aromatic carbocycles. The number of rotatable bonds is 5. The molecule has 1 heterocycles. The summed E-state index contributed by atoms with van der Waals surface area (Å²) >= 11 is 0. The fourth-order valence-corrected chi connectivity index (χ4v) is 3.50. The van der Waals surface area contributed by atoms with Crippen LogP contribution >= 0.6 is 0 Å². The largest absolute Gasteiger partial charge is 0.352 e. The van der Waals surface area contributed by atoms with Gasteiger partial charge in [-0.1, -0.05) is 11.6 Å². The monoisotopic (exact) mass is 370 g/mol. The lowest BCUT2D eigenvalue weighted by Gasteiger charge is -2.35. The van der Waals surface area contributed by atoms with Crippen molar-refractivity contribution in [1.29, 1.82) is 0 Å². The van der Waals surface area contributed by atoms with Crippen molar-refractivity contribution in [2.24, 2.45) is 13.0 Å². The first-order chi connectivity index (χ1) is 12.7. The molecule has 7 heteroatoms. The van der Waals surface area contributed by atoms with Crippen LogP contribution in [0.4, 0.5) is 0 Å². The lowest BCUT2D eigenvalue weighted by molar-refractivity contribution is 0.0859. The van der Waals surface area contributed by atoms with Crippen molar-refractivity contribution in [3.8, 4) is 0 Å². The molecule has 1 aliphatic rings. The number of carbonyl (C=O) groups is 2. The number of benzene rings is 1. The van der Waals surface area contributed by atoms with Crippen LogP contribution in [0.1, 0.15) is 50.4 Å². The average molecular weight is 370 g/mol. The zero-order valence-electron chi connectivity index (χ0n) is 16.2. The van der Waals surface area contributed by atoms with Gasteiger partial charge in [0, 0.05) is 31.3 Å². The smallest absolute Gasteiger partial charge is 0.269 e. The van der Waals surface area contributed by atoms with Gasteiger partial charge in [0.05, 0.1) is 0 Å². The highest BCUT2D eigenvalue weighted by Gasteiger charge is 2.31. The Morgan fingerprint density at radius 3 is 2.48 bits per heavy atom.